The van der Waals surface area contributed by atoms with Crippen molar-refractivity contribution in [3.63, 3.8) is 0 Å². The predicted molar refractivity (Wildman–Crippen MR) is 95.0 cm³/mol. The smallest absolute Gasteiger partial charge is 0.429 e. The SMILES string of the molecule is CSCC[C@H](N)C(=O)OB(c1ccccc1)c1ccccc1. The molecule has 0 aliphatic rings. The fraction of sp³-hybridized carbons (Fsp3) is 0.235. The maximum absolute atomic E-state index is 12.2. The molecule has 2 aromatic carbocycles. The molecule has 0 saturated carbocycles. The third-order valence-corrected chi connectivity index (χ3v) is 4.02. The highest BCUT2D eigenvalue weighted by Gasteiger charge is 2.27. The van der Waals surface area contributed by atoms with E-state index in [-0.39, 0.29) is 5.97 Å². The first-order valence-corrected chi connectivity index (χ1v) is 8.66. The molecule has 0 spiro atoms. The summed E-state index contributed by atoms with van der Waals surface area (Å²) in [6, 6.07) is 18.9. The van der Waals surface area contributed by atoms with E-state index in [0.29, 0.717) is 6.42 Å². The number of carbonyl (C=O) groups is 1. The number of thioether (sulfide) groups is 1. The Hall–Kier alpha value is -1.72. The van der Waals surface area contributed by atoms with Gasteiger partial charge in [-0.15, -0.1) is 0 Å². The number of carbonyl (C=O) groups excluding carboxylic acids is 1. The first kappa shape index (κ1) is 16.7. The Bertz CT molecular complexity index is 540. The lowest BCUT2D eigenvalue weighted by Crippen LogP contribution is -2.49. The van der Waals surface area contributed by atoms with Gasteiger partial charge in [-0.25, -0.2) is 0 Å². The minimum atomic E-state index is -0.581. The van der Waals surface area contributed by atoms with Gasteiger partial charge in [0, 0.05) is 0 Å². The van der Waals surface area contributed by atoms with Gasteiger partial charge in [0.05, 0.1) is 0 Å². The molecule has 22 heavy (non-hydrogen) atoms. The summed E-state index contributed by atoms with van der Waals surface area (Å²) in [6.07, 6.45) is 2.62. The van der Waals surface area contributed by atoms with E-state index in [4.69, 9.17) is 10.4 Å². The second kappa shape index (κ2) is 8.66. The summed E-state index contributed by atoms with van der Waals surface area (Å²) in [4.78, 5) is 12.2. The van der Waals surface area contributed by atoms with E-state index in [9.17, 15) is 4.79 Å². The van der Waals surface area contributed by atoms with Crippen LogP contribution in [0, 0.1) is 0 Å². The van der Waals surface area contributed by atoms with Gasteiger partial charge < -0.3 is 10.4 Å². The summed E-state index contributed by atoms with van der Waals surface area (Å²) in [5.74, 6) is 0.490. The van der Waals surface area contributed by atoms with Gasteiger partial charge in [-0.2, -0.15) is 11.8 Å². The Kier molecular flexibility index (Phi) is 6.56. The molecule has 3 nitrogen and oxygen atoms in total. The van der Waals surface area contributed by atoms with Gasteiger partial charge in [-0.1, -0.05) is 60.7 Å². The van der Waals surface area contributed by atoms with Crippen molar-refractivity contribution in [1.82, 2.24) is 0 Å². The van der Waals surface area contributed by atoms with Crippen molar-refractivity contribution in [2.75, 3.05) is 12.0 Å². The molecule has 0 aliphatic heterocycles. The molecule has 0 fully saturated rings. The molecule has 0 heterocycles. The monoisotopic (exact) mass is 313 g/mol. The van der Waals surface area contributed by atoms with Gasteiger partial charge in [0.1, 0.15) is 6.04 Å². The fourth-order valence-corrected chi connectivity index (χ4v) is 2.64. The van der Waals surface area contributed by atoms with Gasteiger partial charge in [-0.3, -0.25) is 4.79 Å². The highest BCUT2D eigenvalue weighted by Crippen LogP contribution is 2.02. The molecule has 2 aromatic rings. The average Bonchev–Trinajstić information content (AvgIpc) is 2.58. The normalized spacial score (nSPS) is 11.7. The highest BCUT2D eigenvalue weighted by molar-refractivity contribution is 7.98. The summed E-state index contributed by atoms with van der Waals surface area (Å²) in [5, 5.41) is 0. The van der Waals surface area contributed by atoms with Gasteiger partial charge in [0.25, 0.3) is 0 Å². The van der Waals surface area contributed by atoms with Crippen LogP contribution in [0.5, 0.6) is 0 Å². The summed E-state index contributed by atoms with van der Waals surface area (Å²) < 4.78 is 5.71. The van der Waals surface area contributed by atoms with Crippen LogP contribution < -0.4 is 16.7 Å². The van der Waals surface area contributed by atoms with E-state index < -0.39 is 13.0 Å². The van der Waals surface area contributed by atoms with E-state index in [0.717, 1.165) is 16.7 Å². The standard InChI is InChI=1S/C17H20BNO2S/c1-22-13-12-16(19)17(20)21-18(14-8-4-2-5-9-14)15-10-6-3-7-11-15/h2-11,16H,12-13,19H2,1H3/t16-/m0/s1. The summed E-state index contributed by atoms with van der Waals surface area (Å²) >= 11 is 1.67. The van der Waals surface area contributed by atoms with Crippen molar-refractivity contribution >= 4 is 35.6 Å². The Labute approximate surface area is 136 Å². The maximum Gasteiger partial charge on any atom is 0.429 e. The zero-order valence-electron chi connectivity index (χ0n) is 12.6. The minimum absolute atomic E-state index is 0.355. The number of hydrogen-bond acceptors (Lipinski definition) is 4. The third-order valence-electron chi connectivity index (χ3n) is 3.37. The number of benzene rings is 2. The Morgan fingerprint density at radius 3 is 2.05 bits per heavy atom. The maximum atomic E-state index is 12.2. The van der Waals surface area contributed by atoms with E-state index in [2.05, 4.69) is 0 Å². The van der Waals surface area contributed by atoms with Crippen LogP contribution in [-0.4, -0.2) is 30.9 Å². The van der Waals surface area contributed by atoms with Crippen LogP contribution in [0.1, 0.15) is 6.42 Å². The molecule has 0 aliphatic carbocycles. The lowest BCUT2D eigenvalue weighted by molar-refractivity contribution is -0.136. The Balaban J connectivity index is 2.17. The summed E-state index contributed by atoms with van der Waals surface area (Å²) in [7, 11) is 0. The number of rotatable bonds is 7. The molecular weight excluding hydrogens is 293 g/mol. The van der Waals surface area contributed by atoms with Crippen molar-refractivity contribution in [3.05, 3.63) is 60.7 Å². The van der Waals surface area contributed by atoms with Crippen LogP contribution in [0.2, 0.25) is 0 Å². The second-order valence-electron chi connectivity index (χ2n) is 5.03. The first-order valence-electron chi connectivity index (χ1n) is 7.27. The van der Waals surface area contributed by atoms with E-state index >= 15 is 0 Å². The van der Waals surface area contributed by atoms with Gasteiger partial charge >= 0.3 is 12.9 Å². The summed E-state index contributed by atoms with van der Waals surface area (Å²) in [6.45, 7) is -0.421. The third kappa shape index (κ3) is 4.65. The molecule has 5 heteroatoms. The molecule has 2 N–H and O–H groups in total. The Morgan fingerprint density at radius 2 is 1.59 bits per heavy atom. The van der Waals surface area contributed by atoms with Gasteiger partial charge in [-0.05, 0) is 29.4 Å². The topological polar surface area (TPSA) is 52.3 Å². The lowest BCUT2D eigenvalue weighted by atomic mass is 9.55. The van der Waals surface area contributed by atoms with Crippen molar-refractivity contribution in [2.45, 2.75) is 12.5 Å². The molecule has 0 bridgehead atoms. The van der Waals surface area contributed by atoms with Crippen molar-refractivity contribution in [3.8, 4) is 0 Å². The molecule has 0 amide bonds. The number of nitrogens with two attached hydrogens (primary N) is 1. The van der Waals surface area contributed by atoms with Crippen LogP contribution >= 0.6 is 11.8 Å². The summed E-state index contributed by atoms with van der Waals surface area (Å²) in [5.41, 5.74) is 7.81. The van der Waals surface area contributed by atoms with Crippen molar-refractivity contribution in [1.29, 1.82) is 0 Å². The van der Waals surface area contributed by atoms with Gasteiger partial charge in [0.15, 0.2) is 0 Å². The highest BCUT2D eigenvalue weighted by atomic mass is 32.2. The van der Waals surface area contributed by atoms with Gasteiger partial charge in [0.2, 0.25) is 0 Å². The Morgan fingerprint density at radius 1 is 1.09 bits per heavy atom. The molecular formula is C17H20BNO2S. The molecule has 1 atom stereocenters. The van der Waals surface area contributed by atoms with Crippen LogP contribution in [-0.2, 0) is 9.45 Å². The molecule has 2 rings (SSSR count). The van der Waals surface area contributed by atoms with Crippen molar-refractivity contribution < 1.29 is 9.45 Å². The second-order valence-corrected chi connectivity index (χ2v) is 6.01. The predicted octanol–water partition coefficient (Wildman–Crippen LogP) is 1.42. The molecule has 0 unspecified atom stereocenters. The minimum Gasteiger partial charge on any atom is -0.525 e. The fourth-order valence-electron chi connectivity index (χ4n) is 2.15. The number of hydrogen-bond donors (Lipinski definition) is 1. The molecule has 0 aromatic heterocycles. The molecule has 114 valence electrons. The average molecular weight is 313 g/mol. The van der Waals surface area contributed by atoms with Crippen LogP contribution in [0.4, 0.5) is 0 Å². The van der Waals surface area contributed by atoms with E-state index in [1.54, 1.807) is 11.8 Å². The van der Waals surface area contributed by atoms with E-state index in [1.165, 1.54) is 0 Å². The lowest BCUT2D eigenvalue weighted by Gasteiger charge is -2.18. The molecule has 0 radical (unpaired) electrons. The zero-order valence-corrected chi connectivity index (χ0v) is 13.5. The zero-order chi connectivity index (χ0) is 15.8. The van der Waals surface area contributed by atoms with E-state index in [1.807, 2.05) is 66.9 Å². The van der Waals surface area contributed by atoms with Crippen LogP contribution in [0.3, 0.4) is 0 Å². The quantitative estimate of drug-likeness (QED) is 0.786. The molecule has 0 saturated heterocycles. The largest absolute Gasteiger partial charge is 0.525 e. The van der Waals surface area contributed by atoms with Crippen LogP contribution in [0.25, 0.3) is 0 Å². The first-order chi connectivity index (χ1) is 10.7. The van der Waals surface area contributed by atoms with Crippen molar-refractivity contribution in [2.24, 2.45) is 5.73 Å². The van der Waals surface area contributed by atoms with Crippen LogP contribution in [0.15, 0.2) is 60.7 Å².